The van der Waals surface area contributed by atoms with Gasteiger partial charge < -0.3 is 9.16 Å². The van der Waals surface area contributed by atoms with E-state index in [2.05, 4.69) is 115 Å². The predicted octanol–water partition coefficient (Wildman–Crippen LogP) is 8.08. The molecule has 3 rings (SSSR count). The van der Waals surface area contributed by atoms with E-state index in [0.29, 0.717) is 11.8 Å². The normalized spacial score (nSPS) is 20.1. The Kier molecular flexibility index (Phi) is 10.6. The van der Waals surface area contributed by atoms with Gasteiger partial charge in [-0.2, -0.15) is 0 Å². The molecule has 2 nitrogen and oxygen atoms in total. The Labute approximate surface area is 228 Å². The van der Waals surface area contributed by atoms with Crippen molar-refractivity contribution in [1.29, 1.82) is 0 Å². The molecule has 0 bridgehead atoms. The van der Waals surface area contributed by atoms with Crippen LogP contribution in [0.4, 0.5) is 0 Å². The molecule has 2 aromatic carbocycles. The monoisotopic (exact) mass is 518 g/mol. The Hall–Kier alpha value is -1.94. The van der Waals surface area contributed by atoms with Crippen LogP contribution in [-0.4, -0.2) is 27.1 Å². The van der Waals surface area contributed by atoms with Crippen LogP contribution >= 0.6 is 0 Å². The van der Waals surface area contributed by atoms with E-state index in [4.69, 9.17) is 9.16 Å². The fourth-order valence-corrected chi connectivity index (χ4v) is 10.5. The van der Waals surface area contributed by atoms with Crippen molar-refractivity contribution in [2.75, 3.05) is 6.61 Å². The molecule has 1 aliphatic rings. The third-order valence-electron chi connectivity index (χ3n) is 8.23. The Bertz CT molecular complexity index is 952. The summed E-state index contributed by atoms with van der Waals surface area (Å²) >= 11 is 0. The molecule has 0 aliphatic carbocycles. The second-order valence-electron chi connectivity index (χ2n) is 12.4. The van der Waals surface area contributed by atoms with Crippen molar-refractivity contribution < 1.29 is 9.16 Å². The van der Waals surface area contributed by atoms with Crippen LogP contribution < -0.4 is 10.4 Å². The summed E-state index contributed by atoms with van der Waals surface area (Å²) in [6.45, 7) is 23.0. The Morgan fingerprint density at radius 1 is 1.00 bits per heavy atom. The molecule has 1 aliphatic heterocycles. The van der Waals surface area contributed by atoms with Crippen LogP contribution in [0.1, 0.15) is 80.1 Å². The Morgan fingerprint density at radius 3 is 2.08 bits per heavy atom. The fraction of sp³-hybridized carbons (Fsp3) is 0.529. The van der Waals surface area contributed by atoms with Crippen molar-refractivity contribution in [3.8, 4) is 0 Å². The van der Waals surface area contributed by atoms with Crippen LogP contribution in [0, 0.1) is 11.8 Å². The summed E-state index contributed by atoms with van der Waals surface area (Å²) in [4.78, 5) is 0. The number of hydrogen-bond acceptors (Lipinski definition) is 2. The van der Waals surface area contributed by atoms with E-state index in [1.54, 1.807) is 0 Å². The maximum Gasteiger partial charge on any atom is 0.261 e. The first-order valence-electron chi connectivity index (χ1n) is 14.3. The van der Waals surface area contributed by atoms with Crippen molar-refractivity contribution >= 4 is 18.7 Å². The Balaban J connectivity index is 1.58. The van der Waals surface area contributed by atoms with Gasteiger partial charge in [-0.05, 0) is 78.3 Å². The van der Waals surface area contributed by atoms with Gasteiger partial charge in [0.25, 0.3) is 8.32 Å². The molecule has 0 radical (unpaired) electrons. The SMILES string of the molecule is C=C(C)C(C)C[C@H](C)CCC1O[C@@H](CCCO[Si](c2ccccc2)(c2ccccc2)C(C)(C)C)CC1=C. The highest BCUT2D eigenvalue weighted by atomic mass is 28.4. The molecule has 1 saturated heterocycles. The molecule has 4 atom stereocenters. The first-order valence-corrected chi connectivity index (χ1v) is 16.2. The Morgan fingerprint density at radius 2 is 1.57 bits per heavy atom. The second kappa shape index (κ2) is 13.2. The van der Waals surface area contributed by atoms with Crippen LogP contribution in [0.2, 0.25) is 5.04 Å². The highest BCUT2D eigenvalue weighted by Crippen LogP contribution is 2.37. The molecule has 0 aromatic heterocycles. The minimum absolute atomic E-state index is 0.0112. The molecule has 0 spiro atoms. The molecule has 3 heteroatoms. The summed E-state index contributed by atoms with van der Waals surface area (Å²) in [5.74, 6) is 1.27. The molecule has 0 amide bonds. The lowest BCUT2D eigenvalue weighted by atomic mass is 9.88. The highest BCUT2D eigenvalue weighted by Gasteiger charge is 2.50. The minimum atomic E-state index is -2.46. The molecule has 37 heavy (non-hydrogen) atoms. The molecule has 2 aromatic rings. The van der Waals surface area contributed by atoms with Gasteiger partial charge >= 0.3 is 0 Å². The van der Waals surface area contributed by atoms with Crippen LogP contribution in [0.15, 0.2) is 85.0 Å². The number of hydrogen-bond donors (Lipinski definition) is 0. The van der Waals surface area contributed by atoms with E-state index < -0.39 is 8.32 Å². The lowest BCUT2D eigenvalue weighted by molar-refractivity contribution is 0.0367. The van der Waals surface area contributed by atoms with Crippen molar-refractivity contribution in [3.05, 3.63) is 85.0 Å². The maximum absolute atomic E-state index is 7.07. The van der Waals surface area contributed by atoms with Gasteiger partial charge in [-0.3, -0.25) is 0 Å². The van der Waals surface area contributed by atoms with E-state index in [9.17, 15) is 0 Å². The van der Waals surface area contributed by atoms with Crippen LogP contribution in [-0.2, 0) is 9.16 Å². The quantitative estimate of drug-likeness (QED) is 0.152. The van der Waals surface area contributed by atoms with Crippen LogP contribution in [0.5, 0.6) is 0 Å². The zero-order valence-electron chi connectivity index (χ0n) is 24.3. The van der Waals surface area contributed by atoms with Gasteiger partial charge in [0.15, 0.2) is 0 Å². The number of ether oxygens (including phenoxy) is 1. The third kappa shape index (κ3) is 7.56. The highest BCUT2D eigenvalue weighted by molar-refractivity contribution is 6.99. The summed E-state index contributed by atoms with van der Waals surface area (Å²) in [6, 6.07) is 21.8. The van der Waals surface area contributed by atoms with E-state index in [1.807, 2.05) is 0 Å². The van der Waals surface area contributed by atoms with E-state index >= 15 is 0 Å². The predicted molar refractivity (Wildman–Crippen MR) is 162 cm³/mol. The summed E-state index contributed by atoms with van der Waals surface area (Å²) in [5.41, 5.74) is 2.56. The number of benzene rings is 2. The average molecular weight is 519 g/mol. The summed E-state index contributed by atoms with van der Waals surface area (Å²) in [6.07, 6.45) is 6.97. The third-order valence-corrected chi connectivity index (χ3v) is 13.3. The summed E-state index contributed by atoms with van der Waals surface area (Å²) in [5, 5.41) is 2.70. The van der Waals surface area contributed by atoms with Crippen LogP contribution in [0.25, 0.3) is 0 Å². The standard InChI is InChI=1S/C34H50O2Si/c1-26(2)28(4)24-27(3)21-22-33-29(5)25-30(36-33)16-15-23-35-37(34(6,7)8,31-17-11-9-12-18-31)32-19-13-10-14-20-32/h9-14,17-20,27-28,30,33H,1,5,15-16,21-25H2,2-4,6-8H3/t27-,28?,30+,33?/m1/s1. The molecule has 1 fully saturated rings. The van der Waals surface area contributed by atoms with E-state index in [0.717, 1.165) is 32.3 Å². The van der Waals surface area contributed by atoms with Gasteiger partial charge in [0.05, 0.1) is 12.2 Å². The zero-order valence-corrected chi connectivity index (χ0v) is 25.3. The topological polar surface area (TPSA) is 18.5 Å². The van der Waals surface area contributed by atoms with Crippen molar-refractivity contribution in [1.82, 2.24) is 0 Å². The van der Waals surface area contributed by atoms with E-state index in [-0.39, 0.29) is 17.2 Å². The lowest BCUT2D eigenvalue weighted by Crippen LogP contribution is -2.66. The second-order valence-corrected chi connectivity index (χ2v) is 16.7. The molecule has 202 valence electrons. The van der Waals surface area contributed by atoms with Gasteiger partial charge in [0, 0.05) is 6.61 Å². The van der Waals surface area contributed by atoms with Gasteiger partial charge in [-0.15, -0.1) is 0 Å². The average Bonchev–Trinajstić information content (AvgIpc) is 3.22. The molecule has 0 N–H and O–H groups in total. The first-order chi connectivity index (χ1) is 17.5. The fourth-order valence-electron chi connectivity index (χ4n) is 5.90. The van der Waals surface area contributed by atoms with Crippen LogP contribution in [0.3, 0.4) is 0 Å². The molecular weight excluding hydrogens is 468 g/mol. The van der Waals surface area contributed by atoms with Gasteiger partial charge in [0.2, 0.25) is 0 Å². The lowest BCUT2D eigenvalue weighted by Gasteiger charge is -2.43. The molecule has 2 unspecified atom stereocenters. The molecule has 1 heterocycles. The van der Waals surface area contributed by atoms with Gasteiger partial charge in [0.1, 0.15) is 0 Å². The van der Waals surface area contributed by atoms with Gasteiger partial charge in [-0.1, -0.05) is 114 Å². The van der Waals surface area contributed by atoms with Crippen molar-refractivity contribution in [3.63, 3.8) is 0 Å². The largest absolute Gasteiger partial charge is 0.407 e. The number of rotatable bonds is 13. The summed E-state index contributed by atoms with van der Waals surface area (Å²) < 4.78 is 13.6. The smallest absolute Gasteiger partial charge is 0.261 e. The van der Waals surface area contributed by atoms with E-state index in [1.165, 1.54) is 34.4 Å². The van der Waals surface area contributed by atoms with Crippen molar-refractivity contribution in [2.45, 2.75) is 97.3 Å². The van der Waals surface area contributed by atoms with Gasteiger partial charge in [-0.25, -0.2) is 0 Å². The summed E-state index contributed by atoms with van der Waals surface area (Å²) in [7, 11) is -2.46. The maximum atomic E-state index is 7.07. The first kappa shape index (κ1) is 29.6. The minimum Gasteiger partial charge on any atom is -0.407 e. The molecule has 0 saturated carbocycles. The zero-order chi connectivity index (χ0) is 27.1. The van der Waals surface area contributed by atoms with Crippen molar-refractivity contribution in [2.24, 2.45) is 11.8 Å². The number of allylic oxidation sites excluding steroid dienone is 1. The molecular formula is C34H50O2Si.